The molecule has 2 heterocycles. The van der Waals surface area contributed by atoms with Crippen LogP contribution in [0, 0.1) is 0 Å². The molecular formula is C17H20BrN3O. The van der Waals surface area contributed by atoms with Crippen LogP contribution in [0.4, 0.5) is 5.69 Å². The van der Waals surface area contributed by atoms with E-state index in [2.05, 4.69) is 55.4 Å². The molecule has 22 heavy (non-hydrogen) atoms. The van der Waals surface area contributed by atoms with Gasteiger partial charge in [0.2, 0.25) is 0 Å². The van der Waals surface area contributed by atoms with Gasteiger partial charge in [-0.25, -0.2) is 0 Å². The molecule has 3 rings (SSSR count). The normalized spacial score (nSPS) is 16.1. The number of aliphatic hydroxyl groups excluding tert-OH is 1. The van der Waals surface area contributed by atoms with Crippen LogP contribution in [-0.2, 0) is 13.0 Å². The third-order valence-corrected chi connectivity index (χ3v) is 4.36. The summed E-state index contributed by atoms with van der Waals surface area (Å²) in [6.07, 6.45) is 4.16. The first-order valence-corrected chi connectivity index (χ1v) is 8.31. The number of anilines is 1. The minimum atomic E-state index is -0.399. The van der Waals surface area contributed by atoms with Gasteiger partial charge in [-0.15, -0.1) is 0 Å². The van der Waals surface area contributed by atoms with E-state index in [1.165, 1.54) is 11.1 Å². The molecule has 0 spiro atoms. The summed E-state index contributed by atoms with van der Waals surface area (Å²) in [5.41, 5.74) is 3.73. The molecule has 2 aromatic rings. The van der Waals surface area contributed by atoms with Gasteiger partial charge in [-0.2, -0.15) is 0 Å². The summed E-state index contributed by atoms with van der Waals surface area (Å²) in [5.74, 6) is 0. The molecule has 1 unspecified atom stereocenters. The first-order chi connectivity index (χ1) is 10.7. The Bertz CT molecular complexity index is 635. The zero-order valence-corrected chi connectivity index (χ0v) is 14.0. The van der Waals surface area contributed by atoms with Gasteiger partial charge in [-0.1, -0.05) is 24.3 Å². The monoisotopic (exact) mass is 361 g/mol. The topological polar surface area (TPSA) is 48.4 Å². The minimum Gasteiger partial charge on any atom is -0.390 e. The molecule has 0 saturated heterocycles. The quantitative estimate of drug-likeness (QED) is 0.859. The van der Waals surface area contributed by atoms with E-state index >= 15 is 0 Å². The Kier molecular flexibility index (Phi) is 5.08. The lowest BCUT2D eigenvalue weighted by atomic mass is 10.00. The van der Waals surface area contributed by atoms with Crippen molar-refractivity contribution in [1.82, 2.24) is 9.88 Å². The number of halogens is 1. The van der Waals surface area contributed by atoms with Gasteiger partial charge in [0.1, 0.15) is 0 Å². The fraction of sp³-hybridized carbons (Fsp3) is 0.353. The van der Waals surface area contributed by atoms with Crippen LogP contribution < -0.4 is 5.32 Å². The number of aromatic nitrogens is 1. The standard InChI is InChI=1S/C17H20BrN3O/c18-15-7-16(9-19-8-15)20-10-17(22)12-21-6-5-13-3-1-2-4-14(13)11-21/h1-4,7-9,17,20,22H,5-6,10-12H2. The number of benzene rings is 1. The predicted octanol–water partition coefficient (Wildman–Crippen LogP) is 2.68. The second kappa shape index (κ2) is 7.22. The molecular weight excluding hydrogens is 342 g/mol. The van der Waals surface area contributed by atoms with Gasteiger partial charge in [-0.05, 0) is 39.5 Å². The smallest absolute Gasteiger partial charge is 0.0839 e. The van der Waals surface area contributed by atoms with Crippen molar-refractivity contribution in [3.8, 4) is 0 Å². The highest BCUT2D eigenvalue weighted by atomic mass is 79.9. The van der Waals surface area contributed by atoms with E-state index in [-0.39, 0.29) is 0 Å². The molecule has 1 aromatic carbocycles. The van der Waals surface area contributed by atoms with Gasteiger partial charge in [0.25, 0.3) is 0 Å². The summed E-state index contributed by atoms with van der Waals surface area (Å²) in [6, 6.07) is 10.5. The van der Waals surface area contributed by atoms with E-state index in [4.69, 9.17) is 0 Å². The number of β-amino-alcohol motifs (C(OH)–C–C–N with tert-alkyl or cyclic N) is 1. The number of fused-ring (bicyclic) bond motifs is 1. The highest BCUT2D eigenvalue weighted by molar-refractivity contribution is 9.10. The average molecular weight is 362 g/mol. The number of aliphatic hydroxyl groups is 1. The van der Waals surface area contributed by atoms with Gasteiger partial charge < -0.3 is 10.4 Å². The summed E-state index contributed by atoms with van der Waals surface area (Å²) in [5, 5.41) is 13.5. The van der Waals surface area contributed by atoms with E-state index in [0.717, 1.165) is 29.7 Å². The molecule has 1 aromatic heterocycles. The summed E-state index contributed by atoms with van der Waals surface area (Å²) >= 11 is 3.39. The van der Waals surface area contributed by atoms with Crippen LogP contribution in [-0.4, -0.2) is 40.7 Å². The largest absolute Gasteiger partial charge is 0.390 e. The fourth-order valence-electron chi connectivity index (χ4n) is 2.82. The maximum atomic E-state index is 10.2. The molecule has 0 bridgehead atoms. The lowest BCUT2D eigenvalue weighted by molar-refractivity contribution is 0.114. The van der Waals surface area contributed by atoms with Crippen LogP contribution in [0.2, 0.25) is 0 Å². The van der Waals surface area contributed by atoms with Gasteiger partial charge in [0, 0.05) is 36.8 Å². The molecule has 1 aliphatic heterocycles. The fourth-order valence-corrected chi connectivity index (χ4v) is 3.18. The third-order valence-electron chi connectivity index (χ3n) is 3.93. The van der Waals surface area contributed by atoms with Crippen LogP contribution in [0.1, 0.15) is 11.1 Å². The van der Waals surface area contributed by atoms with Crippen LogP contribution in [0.3, 0.4) is 0 Å². The number of pyridine rings is 1. The van der Waals surface area contributed by atoms with Crippen molar-refractivity contribution < 1.29 is 5.11 Å². The first-order valence-electron chi connectivity index (χ1n) is 7.52. The van der Waals surface area contributed by atoms with Crippen molar-refractivity contribution in [2.75, 3.05) is 25.0 Å². The van der Waals surface area contributed by atoms with Gasteiger partial charge in [-0.3, -0.25) is 9.88 Å². The van der Waals surface area contributed by atoms with E-state index in [0.29, 0.717) is 13.1 Å². The van der Waals surface area contributed by atoms with Crippen molar-refractivity contribution in [3.63, 3.8) is 0 Å². The second-order valence-corrected chi connectivity index (χ2v) is 6.60. The highest BCUT2D eigenvalue weighted by Gasteiger charge is 2.18. The van der Waals surface area contributed by atoms with Gasteiger partial charge in [0.15, 0.2) is 0 Å². The molecule has 0 aliphatic carbocycles. The molecule has 116 valence electrons. The van der Waals surface area contributed by atoms with E-state index in [1.807, 2.05) is 6.07 Å². The van der Waals surface area contributed by atoms with Crippen LogP contribution in [0.5, 0.6) is 0 Å². The van der Waals surface area contributed by atoms with Crippen LogP contribution in [0.15, 0.2) is 47.2 Å². The average Bonchev–Trinajstić information content (AvgIpc) is 2.53. The molecule has 4 nitrogen and oxygen atoms in total. The Morgan fingerprint density at radius 3 is 2.91 bits per heavy atom. The lowest BCUT2D eigenvalue weighted by Gasteiger charge is -2.30. The van der Waals surface area contributed by atoms with E-state index in [1.54, 1.807) is 12.4 Å². The summed E-state index contributed by atoms with van der Waals surface area (Å²) in [6.45, 7) is 3.14. The Hall–Kier alpha value is -1.43. The molecule has 0 radical (unpaired) electrons. The maximum Gasteiger partial charge on any atom is 0.0839 e. The first kappa shape index (κ1) is 15.5. The number of hydrogen-bond donors (Lipinski definition) is 2. The summed E-state index contributed by atoms with van der Waals surface area (Å²) in [4.78, 5) is 6.41. The Morgan fingerprint density at radius 2 is 2.09 bits per heavy atom. The number of hydrogen-bond acceptors (Lipinski definition) is 4. The van der Waals surface area contributed by atoms with Crippen molar-refractivity contribution in [1.29, 1.82) is 0 Å². The van der Waals surface area contributed by atoms with Crippen molar-refractivity contribution >= 4 is 21.6 Å². The molecule has 0 fully saturated rings. The number of nitrogens with one attached hydrogen (secondary N) is 1. The lowest BCUT2D eigenvalue weighted by Crippen LogP contribution is -2.39. The second-order valence-electron chi connectivity index (χ2n) is 5.68. The predicted molar refractivity (Wildman–Crippen MR) is 91.9 cm³/mol. The Balaban J connectivity index is 1.49. The Labute approximate surface area is 139 Å². The SMILES string of the molecule is OC(CNc1cncc(Br)c1)CN1CCc2ccccc2C1. The zero-order chi connectivity index (χ0) is 15.4. The molecule has 1 aliphatic rings. The van der Waals surface area contributed by atoms with Crippen LogP contribution >= 0.6 is 15.9 Å². The van der Waals surface area contributed by atoms with Crippen molar-refractivity contribution in [2.45, 2.75) is 19.1 Å². The Morgan fingerprint density at radius 1 is 1.27 bits per heavy atom. The summed E-state index contributed by atoms with van der Waals surface area (Å²) < 4.78 is 0.930. The van der Waals surface area contributed by atoms with Gasteiger partial charge >= 0.3 is 0 Å². The van der Waals surface area contributed by atoms with E-state index in [9.17, 15) is 5.11 Å². The molecule has 5 heteroatoms. The molecule has 1 atom stereocenters. The maximum absolute atomic E-state index is 10.2. The van der Waals surface area contributed by atoms with E-state index < -0.39 is 6.10 Å². The zero-order valence-electron chi connectivity index (χ0n) is 12.4. The minimum absolute atomic E-state index is 0.399. The number of rotatable bonds is 5. The van der Waals surface area contributed by atoms with Crippen LogP contribution in [0.25, 0.3) is 0 Å². The highest BCUT2D eigenvalue weighted by Crippen LogP contribution is 2.18. The number of nitrogens with zero attached hydrogens (tertiary/aromatic N) is 2. The molecule has 0 saturated carbocycles. The summed E-state index contributed by atoms with van der Waals surface area (Å²) in [7, 11) is 0. The molecule has 0 amide bonds. The van der Waals surface area contributed by atoms with Crippen molar-refractivity contribution in [3.05, 3.63) is 58.3 Å². The third kappa shape index (κ3) is 4.06. The molecule has 2 N–H and O–H groups in total. The van der Waals surface area contributed by atoms with Crippen molar-refractivity contribution in [2.24, 2.45) is 0 Å². The van der Waals surface area contributed by atoms with Gasteiger partial charge in [0.05, 0.1) is 18.0 Å².